The molecular formula is C16H23ClN2O2. The Hall–Kier alpha value is -1.26. The third kappa shape index (κ3) is 5.21. The van der Waals surface area contributed by atoms with E-state index in [1.165, 1.54) is 11.1 Å². The van der Waals surface area contributed by atoms with Crippen molar-refractivity contribution in [3.05, 3.63) is 34.3 Å². The Morgan fingerprint density at radius 1 is 1.38 bits per heavy atom. The van der Waals surface area contributed by atoms with E-state index in [4.69, 9.17) is 16.3 Å². The van der Waals surface area contributed by atoms with E-state index in [0.717, 1.165) is 31.1 Å². The molecule has 1 aromatic rings. The molecule has 0 saturated carbocycles. The van der Waals surface area contributed by atoms with E-state index in [1.54, 1.807) is 0 Å². The Labute approximate surface area is 131 Å². The van der Waals surface area contributed by atoms with E-state index in [2.05, 4.69) is 16.3 Å². The number of carbonyl (C=O) groups is 1. The van der Waals surface area contributed by atoms with Crippen LogP contribution in [0.2, 0.25) is 5.02 Å². The fourth-order valence-corrected chi connectivity index (χ4v) is 2.60. The van der Waals surface area contributed by atoms with Crippen molar-refractivity contribution in [2.24, 2.45) is 0 Å². The molecule has 0 fully saturated rings. The molecule has 0 aliphatic carbocycles. The maximum absolute atomic E-state index is 11.6. The molecule has 2 rings (SSSR count). The lowest BCUT2D eigenvalue weighted by molar-refractivity contribution is 0.0521. The van der Waals surface area contributed by atoms with Gasteiger partial charge in [-0.25, -0.2) is 4.79 Å². The minimum Gasteiger partial charge on any atom is -0.444 e. The summed E-state index contributed by atoms with van der Waals surface area (Å²) in [5, 5.41) is 3.57. The lowest BCUT2D eigenvalue weighted by Gasteiger charge is -2.29. The Bertz CT molecular complexity index is 511. The zero-order valence-corrected chi connectivity index (χ0v) is 13.7. The van der Waals surface area contributed by atoms with E-state index in [9.17, 15) is 4.79 Å². The molecule has 1 amide bonds. The molecule has 1 aromatic carbocycles. The number of nitrogens with one attached hydrogen (secondary N) is 1. The fraction of sp³-hybridized carbons (Fsp3) is 0.562. The van der Waals surface area contributed by atoms with Crippen LogP contribution in [-0.4, -0.2) is 36.2 Å². The minimum atomic E-state index is -0.453. The summed E-state index contributed by atoms with van der Waals surface area (Å²) in [5.41, 5.74) is 2.20. The van der Waals surface area contributed by atoms with Gasteiger partial charge in [-0.1, -0.05) is 17.7 Å². The normalized spacial score (nSPS) is 15.4. The van der Waals surface area contributed by atoms with E-state index >= 15 is 0 Å². The largest absolute Gasteiger partial charge is 0.444 e. The third-order valence-electron chi connectivity index (χ3n) is 3.36. The van der Waals surface area contributed by atoms with E-state index in [-0.39, 0.29) is 6.09 Å². The highest BCUT2D eigenvalue weighted by Gasteiger charge is 2.18. The quantitative estimate of drug-likeness (QED) is 0.932. The van der Waals surface area contributed by atoms with Gasteiger partial charge in [0.2, 0.25) is 0 Å². The second-order valence-corrected chi connectivity index (χ2v) is 6.80. The van der Waals surface area contributed by atoms with Crippen LogP contribution in [0.25, 0.3) is 0 Å². The second kappa shape index (κ2) is 6.67. The van der Waals surface area contributed by atoms with Crippen molar-refractivity contribution in [3.63, 3.8) is 0 Å². The molecule has 0 aromatic heterocycles. The first-order chi connectivity index (χ1) is 9.83. The number of benzene rings is 1. The van der Waals surface area contributed by atoms with Gasteiger partial charge in [-0.15, -0.1) is 0 Å². The predicted octanol–water partition coefficient (Wildman–Crippen LogP) is 3.22. The number of ether oxygens (including phenoxy) is 1. The number of hydrogen-bond acceptors (Lipinski definition) is 3. The molecule has 21 heavy (non-hydrogen) atoms. The number of alkyl carbamates (subject to hydrolysis) is 1. The molecule has 5 heteroatoms. The van der Waals surface area contributed by atoms with Crippen LogP contribution < -0.4 is 5.32 Å². The molecule has 4 nitrogen and oxygen atoms in total. The molecule has 1 aliphatic rings. The summed E-state index contributed by atoms with van der Waals surface area (Å²) in [4.78, 5) is 13.9. The first-order valence-electron chi connectivity index (χ1n) is 7.30. The van der Waals surface area contributed by atoms with Crippen LogP contribution >= 0.6 is 11.6 Å². The van der Waals surface area contributed by atoms with Gasteiger partial charge >= 0.3 is 6.09 Å². The standard InChI is InChI=1S/C16H23ClN2O2/c1-16(2,3)21-15(20)18-7-9-19-8-6-12-4-5-14(17)10-13(12)11-19/h4-5,10H,6-9,11H2,1-3H3,(H,18,20). The fourth-order valence-electron chi connectivity index (χ4n) is 2.41. The number of rotatable bonds is 3. The van der Waals surface area contributed by atoms with Crippen molar-refractivity contribution in [2.45, 2.75) is 39.3 Å². The summed E-state index contributed by atoms with van der Waals surface area (Å²) >= 11 is 6.04. The van der Waals surface area contributed by atoms with Crippen molar-refractivity contribution in [3.8, 4) is 0 Å². The average Bonchev–Trinajstić information content (AvgIpc) is 2.36. The molecule has 0 spiro atoms. The Morgan fingerprint density at radius 3 is 2.86 bits per heavy atom. The van der Waals surface area contributed by atoms with Gasteiger partial charge in [-0.3, -0.25) is 4.90 Å². The number of halogens is 1. The van der Waals surface area contributed by atoms with Gasteiger partial charge in [0.05, 0.1) is 0 Å². The van der Waals surface area contributed by atoms with Gasteiger partial charge in [-0.2, -0.15) is 0 Å². The summed E-state index contributed by atoms with van der Waals surface area (Å²) in [7, 11) is 0. The van der Waals surface area contributed by atoms with Crippen LogP contribution in [-0.2, 0) is 17.7 Å². The highest BCUT2D eigenvalue weighted by Crippen LogP contribution is 2.22. The predicted molar refractivity (Wildman–Crippen MR) is 84.7 cm³/mol. The molecule has 0 atom stereocenters. The molecule has 0 bridgehead atoms. The average molecular weight is 311 g/mol. The maximum Gasteiger partial charge on any atom is 0.407 e. The molecule has 0 radical (unpaired) electrons. The number of nitrogens with zero attached hydrogens (tertiary/aromatic N) is 1. The van der Waals surface area contributed by atoms with E-state index in [0.29, 0.717) is 6.54 Å². The van der Waals surface area contributed by atoms with Gasteiger partial charge in [-0.05, 0) is 50.5 Å². The van der Waals surface area contributed by atoms with E-state index in [1.807, 2.05) is 32.9 Å². The summed E-state index contributed by atoms with van der Waals surface area (Å²) in [6.07, 6.45) is 0.668. The topological polar surface area (TPSA) is 41.6 Å². The van der Waals surface area contributed by atoms with Crippen molar-refractivity contribution in [1.29, 1.82) is 0 Å². The van der Waals surface area contributed by atoms with Gasteiger partial charge < -0.3 is 10.1 Å². The summed E-state index contributed by atoms with van der Waals surface area (Å²) in [6.45, 7) is 8.86. The third-order valence-corrected chi connectivity index (χ3v) is 3.59. The summed E-state index contributed by atoms with van der Waals surface area (Å²) < 4.78 is 5.21. The molecule has 0 saturated heterocycles. The van der Waals surface area contributed by atoms with Gasteiger partial charge in [0, 0.05) is 31.2 Å². The van der Waals surface area contributed by atoms with Crippen LogP contribution in [0.1, 0.15) is 31.9 Å². The maximum atomic E-state index is 11.6. The number of carbonyl (C=O) groups excluding carboxylic acids is 1. The Morgan fingerprint density at radius 2 is 2.14 bits per heavy atom. The van der Waals surface area contributed by atoms with Crippen molar-refractivity contribution in [1.82, 2.24) is 10.2 Å². The number of fused-ring (bicyclic) bond motifs is 1. The van der Waals surface area contributed by atoms with Gasteiger partial charge in [0.15, 0.2) is 0 Å². The summed E-state index contributed by atoms with van der Waals surface area (Å²) in [5.74, 6) is 0. The molecule has 1 aliphatic heterocycles. The lowest BCUT2D eigenvalue weighted by atomic mass is 10.00. The SMILES string of the molecule is CC(C)(C)OC(=O)NCCN1CCc2ccc(Cl)cc2C1. The second-order valence-electron chi connectivity index (χ2n) is 6.37. The van der Waals surface area contributed by atoms with Gasteiger partial charge in [0.25, 0.3) is 0 Å². The van der Waals surface area contributed by atoms with Crippen LogP contribution in [0.5, 0.6) is 0 Å². The highest BCUT2D eigenvalue weighted by molar-refractivity contribution is 6.30. The summed E-state index contributed by atoms with van der Waals surface area (Å²) in [6, 6.07) is 6.08. The Kier molecular flexibility index (Phi) is 5.12. The number of hydrogen-bond donors (Lipinski definition) is 1. The molecule has 1 heterocycles. The molecule has 0 unspecified atom stereocenters. The van der Waals surface area contributed by atoms with Crippen LogP contribution in [0.3, 0.4) is 0 Å². The highest BCUT2D eigenvalue weighted by atomic mass is 35.5. The van der Waals surface area contributed by atoms with Crippen LogP contribution in [0.15, 0.2) is 18.2 Å². The molecule has 116 valence electrons. The van der Waals surface area contributed by atoms with Crippen LogP contribution in [0, 0.1) is 0 Å². The van der Waals surface area contributed by atoms with Gasteiger partial charge in [0.1, 0.15) is 5.60 Å². The zero-order chi connectivity index (χ0) is 15.5. The van der Waals surface area contributed by atoms with Crippen molar-refractivity contribution < 1.29 is 9.53 Å². The smallest absolute Gasteiger partial charge is 0.407 e. The zero-order valence-electron chi connectivity index (χ0n) is 12.9. The Balaban J connectivity index is 1.77. The molecular weight excluding hydrogens is 288 g/mol. The number of amides is 1. The lowest BCUT2D eigenvalue weighted by Crippen LogP contribution is -2.39. The first-order valence-corrected chi connectivity index (χ1v) is 7.68. The van der Waals surface area contributed by atoms with Crippen LogP contribution in [0.4, 0.5) is 4.79 Å². The monoisotopic (exact) mass is 310 g/mol. The molecule has 1 N–H and O–H groups in total. The van der Waals surface area contributed by atoms with Crippen molar-refractivity contribution >= 4 is 17.7 Å². The minimum absolute atomic E-state index is 0.358. The van der Waals surface area contributed by atoms with E-state index < -0.39 is 5.60 Å². The van der Waals surface area contributed by atoms with Crippen molar-refractivity contribution in [2.75, 3.05) is 19.6 Å². The first kappa shape index (κ1) is 16.1.